The Morgan fingerprint density at radius 1 is 1.09 bits per heavy atom. The Labute approximate surface area is 133 Å². The van der Waals surface area contributed by atoms with Crippen molar-refractivity contribution in [2.75, 3.05) is 20.3 Å². The van der Waals surface area contributed by atoms with Gasteiger partial charge >= 0.3 is 11.1 Å². The molecule has 1 N–H and O–H groups in total. The molecule has 0 fully saturated rings. The summed E-state index contributed by atoms with van der Waals surface area (Å²) < 4.78 is 34.3. The highest BCUT2D eigenvalue weighted by Crippen LogP contribution is 2.16. The van der Waals surface area contributed by atoms with Crippen molar-refractivity contribution < 1.29 is 13.2 Å². The van der Waals surface area contributed by atoms with Gasteiger partial charge in [-0.2, -0.15) is 0 Å². The van der Waals surface area contributed by atoms with Crippen molar-refractivity contribution >= 4 is 21.1 Å². The van der Waals surface area contributed by atoms with Crippen LogP contribution < -0.4 is 15.8 Å². The van der Waals surface area contributed by atoms with E-state index in [2.05, 4.69) is 4.72 Å². The summed E-state index contributed by atoms with van der Waals surface area (Å²) in [5, 5.41) is 0. The predicted octanol–water partition coefficient (Wildman–Crippen LogP) is -0.448. The molecule has 126 valence electrons. The predicted molar refractivity (Wildman–Crippen MR) is 86.1 cm³/mol. The van der Waals surface area contributed by atoms with Gasteiger partial charge in [-0.05, 0) is 24.6 Å². The molecule has 23 heavy (non-hydrogen) atoms. The zero-order valence-electron chi connectivity index (χ0n) is 13.2. The number of ether oxygens (including phenoxy) is 1. The van der Waals surface area contributed by atoms with Crippen molar-refractivity contribution in [1.29, 1.82) is 0 Å². The van der Waals surface area contributed by atoms with E-state index >= 15 is 0 Å². The van der Waals surface area contributed by atoms with Crippen LogP contribution in [0.4, 0.5) is 0 Å². The van der Waals surface area contributed by atoms with E-state index in [9.17, 15) is 18.0 Å². The number of methoxy groups -OCH3 is 1. The molecule has 0 unspecified atom stereocenters. The second-order valence-corrected chi connectivity index (χ2v) is 6.89. The van der Waals surface area contributed by atoms with E-state index in [0.717, 1.165) is 4.57 Å². The maximum atomic E-state index is 12.3. The lowest BCUT2D eigenvalue weighted by Crippen LogP contribution is -2.39. The minimum atomic E-state index is -3.69. The van der Waals surface area contributed by atoms with Gasteiger partial charge in [-0.15, -0.1) is 0 Å². The van der Waals surface area contributed by atoms with E-state index in [-0.39, 0.29) is 11.4 Å². The molecule has 0 atom stereocenters. The fourth-order valence-electron chi connectivity index (χ4n) is 2.23. The number of hydrogen-bond donors (Lipinski definition) is 1. The second kappa shape index (κ2) is 6.65. The molecule has 0 aliphatic carbocycles. The van der Waals surface area contributed by atoms with Crippen molar-refractivity contribution in [3.63, 3.8) is 0 Å². The number of benzene rings is 1. The number of nitrogens with one attached hydrogen (secondary N) is 1. The maximum absolute atomic E-state index is 12.3. The third kappa shape index (κ3) is 3.36. The number of aryl methyl sites for hydroxylation is 2. The van der Waals surface area contributed by atoms with Crippen molar-refractivity contribution in [3.8, 4) is 0 Å². The van der Waals surface area contributed by atoms with Crippen LogP contribution in [0.1, 0.15) is 6.42 Å². The molecular weight excluding hydrogens is 322 g/mol. The molecule has 0 aliphatic rings. The van der Waals surface area contributed by atoms with Crippen molar-refractivity contribution in [2.45, 2.75) is 11.3 Å². The van der Waals surface area contributed by atoms with Crippen LogP contribution in [0.5, 0.6) is 0 Å². The van der Waals surface area contributed by atoms with E-state index in [0.29, 0.717) is 24.1 Å². The highest BCUT2D eigenvalue weighted by Gasteiger charge is 2.16. The van der Waals surface area contributed by atoms with Gasteiger partial charge in [-0.3, -0.25) is 9.59 Å². The largest absolute Gasteiger partial charge is 0.385 e. The van der Waals surface area contributed by atoms with Gasteiger partial charge in [-0.1, -0.05) is 0 Å². The summed E-state index contributed by atoms with van der Waals surface area (Å²) in [4.78, 5) is 23.7. The molecule has 1 heterocycles. The number of hydrogen-bond acceptors (Lipinski definition) is 5. The lowest BCUT2D eigenvalue weighted by atomic mass is 10.3. The molecule has 1 aromatic heterocycles. The average molecular weight is 341 g/mol. The van der Waals surface area contributed by atoms with Crippen molar-refractivity contribution in [1.82, 2.24) is 13.9 Å². The first-order valence-corrected chi connectivity index (χ1v) is 8.46. The van der Waals surface area contributed by atoms with Gasteiger partial charge in [0.05, 0.1) is 15.9 Å². The molecule has 0 saturated carbocycles. The SMILES string of the molecule is COCCCNS(=O)(=O)c1ccc2c(c1)n(C)c(=O)c(=O)n2C. The fourth-order valence-corrected chi connectivity index (χ4v) is 3.33. The Balaban J connectivity index is 2.48. The van der Waals surface area contributed by atoms with Crippen LogP contribution in [0.3, 0.4) is 0 Å². The lowest BCUT2D eigenvalue weighted by Gasteiger charge is -2.11. The van der Waals surface area contributed by atoms with Crippen molar-refractivity contribution in [2.24, 2.45) is 14.1 Å². The minimum Gasteiger partial charge on any atom is -0.385 e. The minimum absolute atomic E-state index is 0.0380. The fraction of sp³-hybridized carbons (Fsp3) is 0.429. The van der Waals surface area contributed by atoms with E-state index in [4.69, 9.17) is 4.74 Å². The van der Waals surface area contributed by atoms with Gasteiger partial charge < -0.3 is 13.9 Å². The molecule has 1 aromatic carbocycles. The molecule has 0 spiro atoms. The summed E-state index contributed by atoms with van der Waals surface area (Å²) in [7, 11) is 0.766. The van der Waals surface area contributed by atoms with E-state index in [1.807, 2.05) is 0 Å². The Hall–Kier alpha value is -1.97. The normalized spacial score (nSPS) is 12.0. The molecule has 0 radical (unpaired) electrons. The van der Waals surface area contributed by atoms with Crippen LogP contribution in [0.25, 0.3) is 11.0 Å². The van der Waals surface area contributed by atoms with Crippen LogP contribution in [0.15, 0.2) is 32.7 Å². The van der Waals surface area contributed by atoms with Gasteiger partial charge in [0.15, 0.2) is 0 Å². The van der Waals surface area contributed by atoms with E-state index in [1.165, 1.54) is 36.9 Å². The van der Waals surface area contributed by atoms with Gasteiger partial charge in [0.25, 0.3) is 0 Å². The van der Waals surface area contributed by atoms with E-state index < -0.39 is 21.1 Å². The third-order valence-electron chi connectivity index (χ3n) is 3.59. The summed E-state index contributed by atoms with van der Waals surface area (Å²) in [6, 6.07) is 4.31. The molecule has 0 bridgehead atoms. The quantitative estimate of drug-likeness (QED) is 0.567. The Kier molecular flexibility index (Phi) is 5.03. The molecular formula is C14H19N3O5S. The van der Waals surface area contributed by atoms with Crippen LogP contribution >= 0.6 is 0 Å². The Morgan fingerprint density at radius 3 is 2.30 bits per heavy atom. The van der Waals surface area contributed by atoms with Crippen LogP contribution in [0.2, 0.25) is 0 Å². The first-order chi connectivity index (χ1) is 10.8. The smallest absolute Gasteiger partial charge is 0.316 e. The number of rotatable bonds is 6. The molecule has 8 nitrogen and oxygen atoms in total. The van der Waals surface area contributed by atoms with Gasteiger partial charge in [-0.25, -0.2) is 13.1 Å². The molecule has 0 amide bonds. The maximum Gasteiger partial charge on any atom is 0.316 e. The van der Waals surface area contributed by atoms with Gasteiger partial charge in [0.1, 0.15) is 0 Å². The first-order valence-electron chi connectivity index (χ1n) is 6.98. The van der Waals surface area contributed by atoms with Crippen LogP contribution in [-0.4, -0.2) is 37.8 Å². The number of sulfonamides is 1. The lowest BCUT2D eigenvalue weighted by molar-refractivity contribution is 0.196. The molecule has 2 aromatic rings. The average Bonchev–Trinajstić information content (AvgIpc) is 2.54. The summed E-state index contributed by atoms with van der Waals surface area (Å²) in [6.07, 6.45) is 0.552. The Morgan fingerprint density at radius 2 is 1.70 bits per heavy atom. The molecule has 9 heteroatoms. The van der Waals surface area contributed by atoms with Crippen molar-refractivity contribution in [3.05, 3.63) is 38.9 Å². The monoisotopic (exact) mass is 341 g/mol. The summed E-state index contributed by atoms with van der Waals surface area (Å²) >= 11 is 0. The zero-order valence-corrected chi connectivity index (χ0v) is 14.0. The number of fused-ring (bicyclic) bond motifs is 1. The molecule has 2 rings (SSSR count). The van der Waals surface area contributed by atoms with Gasteiger partial charge in [0, 0.05) is 34.4 Å². The summed E-state index contributed by atoms with van der Waals surface area (Å²) in [5.74, 6) is 0. The standard InChI is InChI=1S/C14H19N3O5S/c1-16-11-6-5-10(23(20,21)15-7-4-8-22-3)9-12(11)17(2)14(19)13(16)18/h5-6,9,15H,4,7-8H2,1-3H3. The summed E-state index contributed by atoms with van der Waals surface area (Å²) in [6.45, 7) is 0.706. The second-order valence-electron chi connectivity index (χ2n) is 5.12. The van der Waals surface area contributed by atoms with Crippen LogP contribution in [-0.2, 0) is 28.9 Å². The molecule has 0 saturated heterocycles. The topological polar surface area (TPSA) is 99.4 Å². The highest BCUT2D eigenvalue weighted by atomic mass is 32.2. The highest BCUT2D eigenvalue weighted by molar-refractivity contribution is 7.89. The first kappa shape index (κ1) is 17.4. The molecule has 0 aliphatic heterocycles. The summed E-state index contributed by atoms with van der Waals surface area (Å²) in [5.41, 5.74) is -0.511. The number of nitrogens with zero attached hydrogens (tertiary/aromatic N) is 2. The van der Waals surface area contributed by atoms with Gasteiger partial charge in [0.2, 0.25) is 10.0 Å². The van der Waals surface area contributed by atoms with E-state index in [1.54, 1.807) is 7.11 Å². The zero-order chi connectivity index (χ0) is 17.2. The van der Waals surface area contributed by atoms with Crippen LogP contribution in [0, 0.1) is 0 Å². The number of aromatic nitrogens is 2. The third-order valence-corrected chi connectivity index (χ3v) is 5.05. The Bertz CT molecular complexity index is 943.